The number of rotatable bonds is 11. The number of benzene rings is 2. The average molecular weight is 597 g/mol. The molecule has 36 heavy (non-hydrogen) atoms. The Hall–Kier alpha value is -2.68. The first-order valence-electron chi connectivity index (χ1n) is 10.6. The molecule has 9 nitrogen and oxygen atoms in total. The predicted molar refractivity (Wildman–Crippen MR) is 133 cm³/mol. The molecule has 14 heteroatoms. The molecular formula is C22H28BrF3N4O5S. The van der Waals surface area contributed by atoms with Crippen molar-refractivity contribution in [3.8, 4) is 0 Å². The van der Waals surface area contributed by atoms with Gasteiger partial charge in [-0.1, -0.05) is 15.9 Å². The molecule has 2 aromatic carbocycles. The molecule has 0 aliphatic carbocycles. The monoisotopic (exact) mass is 596 g/mol. The maximum Gasteiger partial charge on any atom is 0.490 e. The van der Waals surface area contributed by atoms with Crippen molar-refractivity contribution in [3.05, 3.63) is 58.6 Å². The molecule has 0 saturated carbocycles. The molecule has 0 aliphatic heterocycles. The Morgan fingerprint density at radius 1 is 1.03 bits per heavy atom. The van der Waals surface area contributed by atoms with E-state index in [1.54, 1.807) is 36.4 Å². The lowest BCUT2D eigenvalue weighted by Gasteiger charge is -2.16. The van der Waals surface area contributed by atoms with Gasteiger partial charge in [0.2, 0.25) is 0 Å². The Balaban J connectivity index is 0.000000809. The summed E-state index contributed by atoms with van der Waals surface area (Å²) in [6, 6.07) is 12.7. The van der Waals surface area contributed by atoms with Crippen molar-refractivity contribution in [3.63, 3.8) is 0 Å². The van der Waals surface area contributed by atoms with Gasteiger partial charge in [0.05, 0.1) is 4.90 Å². The van der Waals surface area contributed by atoms with Gasteiger partial charge in [-0.2, -0.15) is 13.2 Å². The number of carboxylic acid groups (broad SMARTS) is 1. The van der Waals surface area contributed by atoms with E-state index in [2.05, 4.69) is 30.9 Å². The number of sulfonamides is 1. The van der Waals surface area contributed by atoms with Gasteiger partial charge in [-0.15, -0.1) is 0 Å². The smallest absolute Gasteiger partial charge is 0.475 e. The molecule has 2 rings (SSSR count). The van der Waals surface area contributed by atoms with Gasteiger partial charge in [-0.05, 0) is 88.1 Å². The van der Waals surface area contributed by atoms with Crippen LogP contribution in [0, 0.1) is 0 Å². The molecule has 0 aromatic heterocycles. The minimum atomic E-state index is -5.08. The number of amides is 1. The summed E-state index contributed by atoms with van der Waals surface area (Å²) in [5.74, 6) is -2.94. The molecule has 1 amide bonds. The van der Waals surface area contributed by atoms with Crippen LogP contribution in [0.25, 0.3) is 0 Å². The Morgan fingerprint density at radius 3 is 2.06 bits per heavy atom. The zero-order chi connectivity index (χ0) is 27.4. The minimum absolute atomic E-state index is 0.166. The number of nitrogens with two attached hydrogens (primary N) is 1. The number of carbonyl (C=O) groups is 2. The number of carbonyl (C=O) groups excluding carboxylic acids is 1. The molecule has 0 atom stereocenters. The molecule has 0 saturated heterocycles. The Labute approximate surface area is 216 Å². The summed E-state index contributed by atoms with van der Waals surface area (Å²) in [5.41, 5.74) is 6.37. The zero-order valence-electron chi connectivity index (χ0n) is 19.4. The van der Waals surface area contributed by atoms with Crippen molar-refractivity contribution in [2.75, 3.05) is 37.9 Å². The van der Waals surface area contributed by atoms with Crippen LogP contribution in [-0.4, -0.2) is 69.7 Å². The van der Waals surface area contributed by atoms with E-state index in [0.29, 0.717) is 24.3 Å². The van der Waals surface area contributed by atoms with Crippen molar-refractivity contribution >= 4 is 43.5 Å². The van der Waals surface area contributed by atoms with Gasteiger partial charge >= 0.3 is 12.1 Å². The fourth-order valence-corrected chi connectivity index (χ4v) is 3.97. The first-order valence-corrected chi connectivity index (χ1v) is 12.9. The van der Waals surface area contributed by atoms with Gasteiger partial charge in [-0.25, -0.2) is 13.2 Å². The summed E-state index contributed by atoms with van der Waals surface area (Å²) in [6.45, 7) is 3.08. The van der Waals surface area contributed by atoms with Crippen LogP contribution in [0.5, 0.6) is 0 Å². The van der Waals surface area contributed by atoms with E-state index in [-0.39, 0.29) is 10.8 Å². The van der Waals surface area contributed by atoms with Crippen molar-refractivity contribution < 1.29 is 36.3 Å². The Kier molecular flexibility index (Phi) is 12.9. The molecule has 2 aromatic rings. The maximum absolute atomic E-state index is 12.4. The number of carboxylic acids is 1. The lowest BCUT2D eigenvalue weighted by molar-refractivity contribution is -0.192. The summed E-state index contributed by atoms with van der Waals surface area (Å²) in [7, 11) is -1.65. The summed E-state index contributed by atoms with van der Waals surface area (Å²) in [4.78, 5) is 23.5. The van der Waals surface area contributed by atoms with Crippen molar-refractivity contribution in [1.29, 1.82) is 0 Å². The zero-order valence-corrected chi connectivity index (χ0v) is 21.8. The largest absolute Gasteiger partial charge is 0.490 e. The third-order valence-corrected chi connectivity index (χ3v) is 6.44. The molecular weight excluding hydrogens is 569 g/mol. The molecule has 0 unspecified atom stereocenters. The normalized spacial score (nSPS) is 11.4. The topological polar surface area (TPSA) is 142 Å². The van der Waals surface area contributed by atoms with Crippen LogP contribution in [0.4, 0.5) is 18.9 Å². The quantitative estimate of drug-likeness (QED) is 0.292. The highest BCUT2D eigenvalue weighted by molar-refractivity contribution is 9.10. The number of aliphatic carboxylic acids is 1. The molecule has 0 heterocycles. The second kappa shape index (κ2) is 14.8. The van der Waals surface area contributed by atoms with Crippen LogP contribution in [0.2, 0.25) is 0 Å². The highest BCUT2D eigenvalue weighted by atomic mass is 79.9. The number of hydrogen-bond acceptors (Lipinski definition) is 6. The summed E-state index contributed by atoms with van der Waals surface area (Å²) < 4.78 is 59.9. The van der Waals surface area contributed by atoms with Gasteiger partial charge in [0.15, 0.2) is 0 Å². The third kappa shape index (κ3) is 11.8. The Bertz CT molecular complexity index is 1080. The summed E-state index contributed by atoms with van der Waals surface area (Å²) in [6.07, 6.45) is -3.28. The second-order valence-electron chi connectivity index (χ2n) is 7.49. The van der Waals surface area contributed by atoms with E-state index in [0.717, 1.165) is 30.4 Å². The fourth-order valence-electron chi connectivity index (χ4n) is 2.64. The van der Waals surface area contributed by atoms with Crippen molar-refractivity contribution in [2.45, 2.75) is 23.9 Å². The van der Waals surface area contributed by atoms with E-state index in [1.807, 2.05) is 7.05 Å². The highest BCUT2D eigenvalue weighted by Gasteiger charge is 2.38. The maximum atomic E-state index is 12.4. The van der Waals surface area contributed by atoms with Gasteiger partial charge in [0.1, 0.15) is 0 Å². The fraction of sp³-hybridized carbons (Fsp3) is 0.364. The van der Waals surface area contributed by atoms with E-state index in [9.17, 15) is 26.4 Å². The SMILES string of the molecule is CN(CCCN)CCCNC(=O)c1ccc(NS(=O)(=O)c2ccc(Br)cc2)cc1.O=C(O)C(F)(F)F. The molecule has 200 valence electrons. The predicted octanol–water partition coefficient (Wildman–Crippen LogP) is 3.28. The summed E-state index contributed by atoms with van der Waals surface area (Å²) in [5, 5.41) is 10.0. The standard InChI is InChI=1S/C20H27BrN4O3S.C2HF3O2/c1-25(14-2-12-22)15-3-13-23-20(26)16-4-8-18(9-5-16)24-29(27,28)19-10-6-17(21)7-11-19;3-2(4,5)1(6)7/h4-11,24H,2-3,12-15,22H2,1H3,(H,23,26);(H,6,7). The number of hydrogen-bond donors (Lipinski definition) is 4. The second-order valence-corrected chi connectivity index (χ2v) is 10.1. The Morgan fingerprint density at radius 2 is 1.56 bits per heavy atom. The highest BCUT2D eigenvalue weighted by Crippen LogP contribution is 2.19. The van der Waals surface area contributed by atoms with Crippen LogP contribution in [0.15, 0.2) is 57.9 Å². The van der Waals surface area contributed by atoms with E-state index in [1.165, 1.54) is 12.1 Å². The molecule has 0 radical (unpaired) electrons. The van der Waals surface area contributed by atoms with E-state index in [4.69, 9.17) is 15.6 Å². The number of nitrogens with zero attached hydrogens (tertiary/aromatic N) is 1. The molecule has 0 bridgehead atoms. The van der Waals surface area contributed by atoms with Crippen molar-refractivity contribution in [1.82, 2.24) is 10.2 Å². The van der Waals surface area contributed by atoms with Gasteiger partial charge in [0.25, 0.3) is 15.9 Å². The van der Waals surface area contributed by atoms with Gasteiger partial charge in [0, 0.05) is 22.3 Å². The summed E-state index contributed by atoms with van der Waals surface area (Å²) >= 11 is 3.28. The first kappa shape index (κ1) is 31.4. The average Bonchev–Trinajstić information content (AvgIpc) is 2.80. The van der Waals surface area contributed by atoms with Gasteiger partial charge in [-0.3, -0.25) is 9.52 Å². The molecule has 0 fully saturated rings. The minimum Gasteiger partial charge on any atom is -0.475 e. The molecule has 0 spiro atoms. The lowest BCUT2D eigenvalue weighted by atomic mass is 10.2. The lowest BCUT2D eigenvalue weighted by Crippen LogP contribution is -2.29. The number of nitrogens with one attached hydrogen (secondary N) is 2. The third-order valence-electron chi connectivity index (χ3n) is 4.51. The van der Waals surface area contributed by atoms with Crippen LogP contribution in [0.3, 0.4) is 0 Å². The molecule has 5 N–H and O–H groups in total. The van der Waals surface area contributed by atoms with Crippen molar-refractivity contribution in [2.24, 2.45) is 5.73 Å². The van der Waals surface area contributed by atoms with Gasteiger partial charge < -0.3 is 21.1 Å². The number of halogens is 4. The first-order chi connectivity index (χ1) is 16.8. The van der Waals surface area contributed by atoms with Crippen LogP contribution < -0.4 is 15.8 Å². The number of alkyl halides is 3. The van der Waals surface area contributed by atoms with E-state index >= 15 is 0 Å². The molecule has 0 aliphatic rings. The van der Waals surface area contributed by atoms with Crippen LogP contribution >= 0.6 is 15.9 Å². The van der Waals surface area contributed by atoms with E-state index < -0.39 is 22.2 Å². The van der Waals surface area contributed by atoms with Crippen LogP contribution in [-0.2, 0) is 14.8 Å². The van der Waals surface area contributed by atoms with Crippen LogP contribution in [0.1, 0.15) is 23.2 Å². The number of anilines is 1.